The summed E-state index contributed by atoms with van der Waals surface area (Å²) in [5.41, 5.74) is 0.523. The quantitative estimate of drug-likeness (QED) is 0.618. The molecular weight excluding hydrogens is 168 g/mol. The average Bonchev–Trinajstić information content (AvgIpc) is 2.17. The minimum atomic E-state index is -0.840. The summed E-state index contributed by atoms with van der Waals surface area (Å²) >= 11 is 0. The Balaban J connectivity index is 2.34. The molecule has 3 heteroatoms. The van der Waals surface area contributed by atoms with Gasteiger partial charge in [0, 0.05) is 5.57 Å². The second-order valence-corrected chi connectivity index (χ2v) is 3.99. The minimum absolute atomic E-state index is 0.193. The normalized spacial score (nSPS) is 37.2. The lowest BCUT2D eigenvalue weighted by atomic mass is 9.62. The minimum Gasteiger partial charge on any atom is -0.481 e. The Labute approximate surface area is 76.4 Å². The summed E-state index contributed by atoms with van der Waals surface area (Å²) in [5, 5.41) is 8.96. The van der Waals surface area contributed by atoms with Crippen molar-refractivity contribution in [1.82, 2.24) is 0 Å². The number of fused-ring (bicyclic) bond motifs is 3. The number of aliphatic carboxylic acids is 1. The summed E-state index contributed by atoms with van der Waals surface area (Å²) in [6, 6.07) is 0. The number of carbonyl (C=O) groups is 1. The summed E-state index contributed by atoms with van der Waals surface area (Å²) in [7, 11) is 0. The molecule has 3 rings (SSSR count). The fraction of sp³-hybridized carbons (Fsp3) is 0.700. The maximum atomic E-state index is 10.9. The molecule has 1 unspecified atom stereocenters. The molecule has 0 aliphatic heterocycles. The van der Waals surface area contributed by atoms with E-state index in [1.54, 1.807) is 0 Å². The number of carboxylic acids is 1. The van der Waals surface area contributed by atoms with Crippen molar-refractivity contribution in [2.75, 3.05) is 0 Å². The lowest BCUT2D eigenvalue weighted by Crippen LogP contribution is -2.38. The Morgan fingerprint density at radius 1 is 1.31 bits per heavy atom. The van der Waals surface area contributed by atoms with Crippen LogP contribution in [0.4, 0.5) is 0 Å². The van der Waals surface area contributed by atoms with Crippen molar-refractivity contribution in [2.24, 2.45) is 17.8 Å². The lowest BCUT2D eigenvalue weighted by Gasteiger charge is -2.40. The van der Waals surface area contributed by atoms with Crippen molar-refractivity contribution in [3.05, 3.63) is 5.57 Å². The smallest absolute Gasteiger partial charge is 0.311 e. The van der Waals surface area contributed by atoms with Crippen molar-refractivity contribution in [3.63, 3.8) is 0 Å². The third-order valence-electron chi connectivity index (χ3n) is 3.40. The third kappa shape index (κ3) is 1.20. The van der Waals surface area contributed by atoms with Gasteiger partial charge in [0.05, 0.1) is 5.92 Å². The predicted molar refractivity (Wildman–Crippen MR) is 45.8 cm³/mol. The van der Waals surface area contributed by atoms with Crippen LogP contribution in [0.15, 0.2) is 5.57 Å². The van der Waals surface area contributed by atoms with E-state index in [4.69, 9.17) is 5.11 Å². The largest absolute Gasteiger partial charge is 0.481 e. The second kappa shape index (κ2) is 3.00. The van der Waals surface area contributed by atoms with Crippen LogP contribution in [0.25, 0.3) is 0 Å². The summed E-state index contributed by atoms with van der Waals surface area (Å²) in [4.78, 5) is 21.6. The highest BCUT2D eigenvalue weighted by atomic mass is 16.4. The zero-order chi connectivity index (χ0) is 9.42. The molecule has 1 atom stereocenters. The summed E-state index contributed by atoms with van der Waals surface area (Å²) in [6.45, 7) is 0. The molecule has 0 aromatic heterocycles. The molecule has 1 N–H and O–H groups in total. The van der Waals surface area contributed by atoms with Gasteiger partial charge in [-0.05, 0) is 37.5 Å². The van der Waals surface area contributed by atoms with Crippen molar-refractivity contribution in [2.45, 2.75) is 25.7 Å². The standard InChI is InChI=1S/C10H12O3/c11-5-8-6-1-3-7(4-2-6)9(8)10(12)13/h6-7,9H,1-4H2,(H,12,13). The first-order valence-electron chi connectivity index (χ1n) is 4.71. The van der Waals surface area contributed by atoms with Crippen LogP contribution in [0.1, 0.15) is 25.7 Å². The fourth-order valence-electron chi connectivity index (χ4n) is 2.75. The molecule has 0 aromatic rings. The highest BCUT2D eigenvalue weighted by Gasteiger charge is 2.44. The number of hydrogen-bond donors (Lipinski definition) is 1. The van der Waals surface area contributed by atoms with Crippen LogP contribution >= 0.6 is 0 Å². The van der Waals surface area contributed by atoms with Crippen molar-refractivity contribution in [1.29, 1.82) is 0 Å². The van der Waals surface area contributed by atoms with Gasteiger partial charge in [0.2, 0.25) is 0 Å². The molecule has 0 aromatic carbocycles. The maximum absolute atomic E-state index is 10.9. The zero-order valence-corrected chi connectivity index (χ0v) is 7.32. The molecule has 3 saturated carbocycles. The van der Waals surface area contributed by atoms with Crippen molar-refractivity contribution < 1.29 is 14.7 Å². The van der Waals surface area contributed by atoms with Crippen LogP contribution in [0.5, 0.6) is 0 Å². The number of carboxylic acid groups (broad SMARTS) is 1. The first-order chi connectivity index (χ1) is 6.24. The predicted octanol–water partition coefficient (Wildman–Crippen LogP) is 1.27. The molecule has 0 heterocycles. The molecule has 0 saturated heterocycles. The molecule has 3 aliphatic rings. The Morgan fingerprint density at radius 3 is 2.31 bits per heavy atom. The summed E-state index contributed by atoms with van der Waals surface area (Å²) < 4.78 is 0. The van der Waals surface area contributed by atoms with E-state index in [1.807, 2.05) is 5.94 Å². The second-order valence-electron chi connectivity index (χ2n) is 3.99. The molecule has 0 radical (unpaired) electrons. The third-order valence-corrected chi connectivity index (χ3v) is 3.40. The van der Waals surface area contributed by atoms with Crippen molar-refractivity contribution in [3.8, 4) is 0 Å². The molecule has 2 bridgehead atoms. The van der Waals surface area contributed by atoms with E-state index in [0.717, 1.165) is 25.7 Å². The highest BCUT2D eigenvalue weighted by molar-refractivity contribution is 5.79. The van der Waals surface area contributed by atoms with Gasteiger partial charge < -0.3 is 5.11 Å². The van der Waals surface area contributed by atoms with Gasteiger partial charge >= 0.3 is 5.97 Å². The molecule has 70 valence electrons. The van der Waals surface area contributed by atoms with E-state index in [0.29, 0.717) is 5.57 Å². The Hall–Kier alpha value is -1.08. The van der Waals surface area contributed by atoms with Gasteiger partial charge in [0.25, 0.3) is 0 Å². The van der Waals surface area contributed by atoms with E-state index in [-0.39, 0.29) is 11.8 Å². The van der Waals surface area contributed by atoms with Crippen LogP contribution in [0.3, 0.4) is 0 Å². The van der Waals surface area contributed by atoms with Gasteiger partial charge in [-0.25, -0.2) is 4.79 Å². The van der Waals surface area contributed by atoms with Gasteiger partial charge in [0.15, 0.2) is 0 Å². The SMILES string of the molecule is O=C=C1C2CCC(CC2)C1C(=O)O. The van der Waals surface area contributed by atoms with Crippen LogP contribution < -0.4 is 0 Å². The topological polar surface area (TPSA) is 54.4 Å². The van der Waals surface area contributed by atoms with Gasteiger partial charge in [-0.15, -0.1) is 0 Å². The summed E-state index contributed by atoms with van der Waals surface area (Å²) in [6.07, 6.45) is 3.90. The van der Waals surface area contributed by atoms with Gasteiger partial charge in [-0.3, -0.25) is 4.79 Å². The lowest BCUT2D eigenvalue weighted by molar-refractivity contribution is -0.144. The zero-order valence-electron chi connectivity index (χ0n) is 7.32. The Bertz CT molecular complexity index is 281. The highest BCUT2D eigenvalue weighted by Crippen LogP contribution is 2.47. The molecule has 13 heavy (non-hydrogen) atoms. The van der Waals surface area contributed by atoms with Gasteiger partial charge in [0.1, 0.15) is 5.94 Å². The van der Waals surface area contributed by atoms with E-state index in [9.17, 15) is 9.59 Å². The molecule has 0 spiro atoms. The Morgan fingerprint density at radius 2 is 1.92 bits per heavy atom. The van der Waals surface area contributed by atoms with Crippen LogP contribution in [-0.2, 0) is 9.59 Å². The van der Waals surface area contributed by atoms with E-state index < -0.39 is 11.9 Å². The molecule has 3 fully saturated rings. The first-order valence-corrected chi connectivity index (χ1v) is 4.71. The molecule has 0 amide bonds. The van der Waals surface area contributed by atoms with E-state index >= 15 is 0 Å². The average molecular weight is 180 g/mol. The van der Waals surface area contributed by atoms with Crippen molar-refractivity contribution >= 4 is 11.9 Å². The van der Waals surface area contributed by atoms with Crippen LogP contribution in [-0.4, -0.2) is 17.0 Å². The fourth-order valence-corrected chi connectivity index (χ4v) is 2.75. The molecule has 3 aliphatic carbocycles. The molecular formula is C10H12O3. The number of hydrogen-bond acceptors (Lipinski definition) is 2. The van der Waals surface area contributed by atoms with Gasteiger partial charge in [-0.2, -0.15) is 0 Å². The van der Waals surface area contributed by atoms with E-state index in [2.05, 4.69) is 0 Å². The monoisotopic (exact) mass is 180 g/mol. The number of carbonyl (C=O) groups excluding carboxylic acids is 1. The summed E-state index contributed by atoms with van der Waals surface area (Å²) in [5.74, 6) is 0.895. The first kappa shape index (κ1) is 8.52. The maximum Gasteiger partial charge on any atom is 0.311 e. The Kier molecular flexibility index (Phi) is 1.97. The van der Waals surface area contributed by atoms with E-state index in [1.165, 1.54) is 0 Å². The van der Waals surface area contributed by atoms with Gasteiger partial charge in [-0.1, -0.05) is 0 Å². The molecule has 3 nitrogen and oxygen atoms in total. The van der Waals surface area contributed by atoms with Crippen LogP contribution in [0.2, 0.25) is 0 Å². The van der Waals surface area contributed by atoms with Crippen LogP contribution in [0, 0.1) is 17.8 Å². The number of rotatable bonds is 1.